The highest BCUT2D eigenvalue weighted by Crippen LogP contribution is 2.19. The molecule has 0 saturated carbocycles. The minimum Gasteiger partial charge on any atom is -0.322 e. The van der Waals surface area contributed by atoms with Crippen LogP contribution < -0.4 is 10.6 Å². The zero-order valence-corrected chi connectivity index (χ0v) is 14.9. The molecule has 2 aromatic heterocycles. The highest BCUT2D eigenvalue weighted by molar-refractivity contribution is 7.12. The summed E-state index contributed by atoms with van der Waals surface area (Å²) >= 11 is 2.48. The van der Waals surface area contributed by atoms with Gasteiger partial charge in [0.15, 0.2) is 0 Å². The summed E-state index contributed by atoms with van der Waals surface area (Å²) in [5.41, 5.74) is 3.17. The summed E-state index contributed by atoms with van der Waals surface area (Å²) in [6, 6.07) is 15.8. The Hall–Kier alpha value is -3.10. The average Bonchev–Trinajstić information content (AvgIpc) is 3.33. The van der Waals surface area contributed by atoms with E-state index in [9.17, 15) is 9.59 Å². The van der Waals surface area contributed by atoms with E-state index in [0.29, 0.717) is 27.3 Å². The molecule has 2 heterocycles. The summed E-state index contributed by atoms with van der Waals surface area (Å²) in [5.74, 6) is -0.424. The zero-order valence-electron chi connectivity index (χ0n) is 13.3. The minimum absolute atomic E-state index is 0.176. The standard InChI is InChI=1S/C18H12N4O2S2/c23-17(11-6-7-14-15(9-11)22-26-21-14)19-12-3-1-4-13(10-12)20-18(24)16-5-2-8-25-16/h1-10H,(H,19,23)(H,20,24). The highest BCUT2D eigenvalue weighted by atomic mass is 32.1. The second-order valence-electron chi connectivity index (χ2n) is 5.43. The molecule has 0 aliphatic rings. The largest absolute Gasteiger partial charge is 0.322 e. The van der Waals surface area contributed by atoms with Gasteiger partial charge in [0.25, 0.3) is 11.8 Å². The fourth-order valence-electron chi connectivity index (χ4n) is 2.40. The maximum absolute atomic E-state index is 12.5. The lowest BCUT2D eigenvalue weighted by atomic mass is 10.2. The number of thiophene rings is 1. The van der Waals surface area contributed by atoms with Crippen LogP contribution in [0.25, 0.3) is 11.0 Å². The van der Waals surface area contributed by atoms with Crippen LogP contribution in [0.3, 0.4) is 0 Å². The molecule has 0 bridgehead atoms. The van der Waals surface area contributed by atoms with Gasteiger partial charge in [-0.1, -0.05) is 12.1 Å². The van der Waals surface area contributed by atoms with Crippen LogP contribution in [-0.4, -0.2) is 20.6 Å². The van der Waals surface area contributed by atoms with Gasteiger partial charge >= 0.3 is 0 Å². The van der Waals surface area contributed by atoms with E-state index in [1.165, 1.54) is 11.3 Å². The molecule has 0 aliphatic carbocycles. The Kier molecular flexibility index (Phi) is 4.42. The highest BCUT2D eigenvalue weighted by Gasteiger charge is 2.10. The van der Waals surface area contributed by atoms with Gasteiger partial charge in [-0.25, -0.2) is 0 Å². The number of carbonyl (C=O) groups excluding carboxylic acids is 2. The molecule has 2 N–H and O–H groups in total. The van der Waals surface area contributed by atoms with Crippen molar-refractivity contribution in [3.8, 4) is 0 Å². The maximum Gasteiger partial charge on any atom is 0.265 e. The van der Waals surface area contributed by atoms with Crippen LogP contribution in [-0.2, 0) is 0 Å². The van der Waals surface area contributed by atoms with E-state index in [0.717, 1.165) is 17.2 Å². The lowest BCUT2D eigenvalue weighted by Crippen LogP contribution is -2.13. The van der Waals surface area contributed by atoms with Gasteiger partial charge in [-0.3, -0.25) is 9.59 Å². The second-order valence-corrected chi connectivity index (χ2v) is 6.91. The summed E-state index contributed by atoms with van der Waals surface area (Å²) < 4.78 is 8.27. The lowest BCUT2D eigenvalue weighted by Gasteiger charge is -2.08. The van der Waals surface area contributed by atoms with Crippen LogP contribution in [0, 0.1) is 0 Å². The van der Waals surface area contributed by atoms with E-state index in [4.69, 9.17) is 0 Å². The van der Waals surface area contributed by atoms with Crippen LogP contribution >= 0.6 is 23.1 Å². The summed E-state index contributed by atoms with van der Waals surface area (Å²) in [4.78, 5) is 25.2. The molecule has 128 valence electrons. The molecule has 4 aromatic rings. The topological polar surface area (TPSA) is 84.0 Å². The van der Waals surface area contributed by atoms with Crippen molar-refractivity contribution in [1.82, 2.24) is 8.75 Å². The molecule has 0 spiro atoms. The Balaban J connectivity index is 1.49. The van der Waals surface area contributed by atoms with Crippen molar-refractivity contribution in [3.05, 3.63) is 70.4 Å². The van der Waals surface area contributed by atoms with E-state index in [1.807, 2.05) is 11.4 Å². The Morgan fingerprint density at radius 1 is 0.808 bits per heavy atom. The van der Waals surface area contributed by atoms with E-state index in [-0.39, 0.29) is 11.8 Å². The van der Waals surface area contributed by atoms with Gasteiger partial charge in [0.2, 0.25) is 0 Å². The lowest BCUT2D eigenvalue weighted by molar-refractivity contribution is 0.102. The molecule has 0 aliphatic heterocycles. The van der Waals surface area contributed by atoms with Gasteiger partial charge in [0.05, 0.1) is 16.6 Å². The molecule has 4 rings (SSSR count). The van der Waals surface area contributed by atoms with Crippen LogP contribution in [0.1, 0.15) is 20.0 Å². The van der Waals surface area contributed by atoms with Crippen molar-refractivity contribution < 1.29 is 9.59 Å². The third kappa shape index (κ3) is 3.46. The first kappa shape index (κ1) is 16.4. The number of fused-ring (bicyclic) bond motifs is 1. The zero-order chi connectivity index (χ0) is 17.9. The predicted molar refractivity (Wildman–Crippen MR) is 104 cm³/mol. The second kappa shape index (κ2) is 7.03. The minimum atomic E-state index is -0.248. The monoisotopic (exact) mass is 380 g/mol. The first-order valence-electron chi connectivity index (χ1n) is 7.68. The molecule has 0 atom stereocenters. The molecule has 2 amide bonds. The maximum atomic E-state index is 12.5. The van der Waals surface area contributed by atoms with Gasteiger partial charge in [0, 0.05) is 16.9 Å². The molecule has 6 nitrogen and oxygen atoms in total. The van der Waals surface area contributed by atoms with Crippen LogP contribution in [0.2, 0.25) is 0 Å². The summed E-state index contributed by atoms with van der Waals surface area (Å²) in [7, 11) is 0. The quantitative estimate of drug-likeness (QED) is 0.554. The van der Waals surface area contributed by atoms with Crippen LogP contribution in [0.5, 0.6) is 0 Å². The number of benzene rings is 2. The Morgan fingerprint density at radius 3 is 2.35 bits per heavy atom. The van der Waals surface area contributed by atoms with Gasteiger partial charge in [-0.2, -0.15) is 8.75 Å². The van der Waals surface area contributed by atoms with Gasteiger partial charge < -0.3 is 10.6 Å². The summed E-state index contributed by atoms with van der Waals surface area (Å²) in [5, 5.41) is 7.50. The molecule has 0 radical (unpaired) electrons. The first-order chi connectivity index (χ1) is 12.7. The van der Waals surface area contributed by atoms with Crippen LogP contribution in [0.4, 0.5) is 11.4 Å². The number of rotatable bonds is 4. The van der Waals surface area contributed by atoms with E-state index in [1.54, 1.807) is 48.5 Å². The summed E-state index contributed by atoms with van der Waals surface area (Å²) in [6.07, 6.45) is 0. The summed E-state index contributed by atoms with van der Waals surface area (Å²) in [6.45, 7) is 0. The molecule has 0 fully saturated rings. The number of anilines is 2. The number of amides is 2. The van der Waals surface area contributed by atoms with E-state index in [2.05, 4.69) is 19.4 Å². The molecule has 0 saturated heterocycles. The molecule has 8 heteroatoms. The number of hydrogen-bond donors (Lipinski definition) is 2. The van der Waals surface area contributed by atoms with E-state index >= 15 is 0 Å². The predicted octanol–water partition coefficient (Wildman–Crippen LogP) is 4.26. The van der Waals surface area contributed by atoms with Gasteiger partial charge in [0.1, 0.15) is 11.0 Å². The molecular formula is C18H12N4O2S2. The molecular weight excluding hydrogens is 368 g/mol. The Labute approximate surface area is 156 Å². The third-order valence-electron chi connectivity index (χ3n) is 3.64. The Morgan fingerprint density at radius 2 is 1.58 bits per heavy atom. The first-order valence-corrected chi connectivity index (χ1v) is 9.29. The van der Waals surface area contributed by atoms with Crippen molar-refractivity contribution in [2.45, 2.75) is 0 Å². The normalized spacial score (nSPS) is 10.6. The number of nitrogens with one attached hydrogen (secondary N) is 2. The van der Waals surface area contributed by atoms with Crippen molar-refractivity contribution >= 4 is 57.3 Å². The fourth-order valence-corrected chi connectivity index (χ4v) is 3.54. The number of carbonyl (C=O) groups is 2. The van der Waals surface area contributed by atoms with E-state index < -0.39 is 0 Å². The molecule has 26 heavy (non-hydrogen) atoms. The SMILES string of the molecule is O=C(Nc1cccc(NC(=O)c2cccs2)c1)c1ccc2nsnc2c1. The Bertz CT molecular complexity index is 1090. The van der Waals surface area contributed by atoms with Crippen molar-refractivity contribution in [2.24, 2.45) is 0 Å². The van der Waals surface area contributed by atoms with Crippen molar-refractivity contribution in [3.63, 3.8) is 0 Å². The molecule has 2 aromatic carbocycles. The van der Waals surface area contributed by atoms with Gasteiger partial charge in [-0.15, -0.1) is 11.3 Å². The van der Waals surface area contributed by atoms with Crippen molar-refractivity contribution in [1.29, 1.82) is 0 Å². The number of hydrogen-bond acceptors (Lipinski definition) is 6. The number of nitrogens with zero attached hydrogens (tertiary/aromatic N) is 2. The number of aromatic nitrogens is 2. The smallest absolute Gasteiger partial charge is 0.265 e. The fraction of sp³-hybridized carbons (Fsp3) is 0. The average molecular weight is 380 g/mol. The third-order valence-corrected chi connectivity index (χ3v) is 5.06. The molecule has 0 unspecified atom stereocenters. The van der Waals surface area contributed by atoms with Crippen molar-refractivity contribution in [2.75, 3.05) is 10.6 Å². The van der Waals surface area contributed by atoms with Gasteiger partial charge in [-0.05, 0) is 47.8 Å². The van der Waals surface area contributed by atoms with Crippen LogP contribution in [0.15, 0.2) is 60.0 Å².